The highest BCUT2D eigenvalue weighted by Crippen LogP contribution is 2.64. The minimum atomic E-state index is -4.41. The van der Waals surface area contributed by atoms with Crippen LogP contribution >= 0.6 is 0 Å². The van der Waals surface area contributed by atoms with E-state index in [0.29, 0.717) is 118 Å². The molecule has 86 heavy (non-hydrogen) atoms. The number of ether oxygens (including phenoxy) is 4. The van der Waals surface area contributed by atoms with Gasteiger partial charge in [0, 0.05) is 83.6 Å². The molecule has 8 N–H and O–H groups in total. The number of halogens is 6. The molecule has 0 radical (unpaired) electrons. The van der Waals surface area contributed by atoms with Gasteiger partial charge in [0.1, 0.15) is 70.0 Å². The van der Waals surface area contributed by atoms with Crippen molar-refractivity contribution in [1.82, 2.24) is 29.9 Å². The van der Waals surface area contributed by atoms with Crippen molar-refractivity contribution in [3.05, 3.63) is 167 Å². The van der Waals surface area contributed by atoms with Crippen molar-refractivity contribution in [2.24, 2.45) is 0 Å². The summed E-state index contributed by atoms with van der Waals surface area (Å²) in [4.78, 5) is 85.2. The van der Waals surface area contributed by atoms with Crippen molar-refractivity contribution >= 4 is 69.4 Å². The fraction of sp³-hybridized carbons (Fsp3) is 0.207. The van der Waals surface area contributed by atoms with Crippen LogP contribution in [0.5, 0.6) is 34.5 Å². The van der Waals surface area contributed by atoms with Crippen LogP contribution in [-0.2, 0) is 54.0 Å². The Balaban J connectivity index is 0.000000143. The Morgan fingerprint density at radius 3 is 1.26 bits per heavy atom. The Bertz CT molecular complexity index is 3870. The van der Waals surface area contributed by atoms with Gasteiger partial charge in [-0.1, -0.05) is 0 Å². The zero-order valence-electron chi connectivity index (χ0n) is 43.8. The maximum absolute atomic E-state index is 13.1. The van der Waals surface area contributed by atoms with Crippen LogP contribution in [0.2, 0.25) is 0 Å². The molecule has 0 bridgehead atoms. The molecule has 6 atom stereocenters. The molecule has 2 amide bonds. The number of alkyl halides is 6. The fourth-order valence-corrected chi connectivity index (χ4v) is 10.4. The molecule has 14 rings (SSSR count). The summed E-state index contributed by atoms with van der Waals surface area (Å²) < 4.78 is 103. The lowest BCUT2D eigenvalue weighted by Gasteiger charge is -2.19. The summed E-state index contributed by atoms with van der Waals surface area (Å²) in [6, 6.07) is 21.8. The average molecular weight is 1190 g/mol. The van der Waals surface area contributed by atoms with Gasteiger partial charge >= 0.3 is 36.2 Å². The van der Waals surface area contributed by atoms with Crippen molar-refractivity contribution in [3.8, 4) is 34.5 Å². The van der Waals surface area contributed by atoms with Gasteiger partial charge < -0.3 is 60.0 Å². The lowest BCUT2D eigenvalue weighted by molar-refractivity contribution is -0.138. The van der Waals surface area contributed by atoms with Crippen molar-refractivity contribution in [2.45, 2.75) is 73.9 Å². The number of hydrogen-bond acceptors (Lipinski definition) is 14. The minimum Gasteiger partial charge on any atom is -0.489 e. The molecule has 28 heteroatoms. The summed E-state index contributed by atoms with van der Waals surface area (Å²) in [6.07, 6.45) is -1.79. The number of aromatic amines is 2. The Labute approximate surface area is 478 Å². The molecule has 22 nitrogen and oxygen atoms in total. The Kier molecular flexibility index (Phi) is 14.9. The molecule has 4 aromatic heterocycles. The van der Waals surface area contributed by atoms with E-state index < -0.39 is 47.4 Å². The molecule has 4 aromatic carbocycles. The molecule has 2 saturated carbocycles. The number of carbonyl (C=O) groups is 6. The number of carboxylic acids is 4. The zero-order chi connectivity index (χ0) is 60.9. The number of hydrogen-bond donors (Lipinski definition) is 8. The number of nitrogens with zero attached hydrogens (tertiary/aromatic N) is 4. The van der Waals surface area contributed by atoms with E-state index in [9.17, 15) is 55.1 Å². The van der Waals surface area contributed by atoms with Crippen LogP contribution in [0, 0.1) is 0 Å². The van der Waals surface area contributed by atoms with E-state index in [4.69, 9.17) is 39.4 Å². The molecule has 8 heterocycles. The van der Waals surface area contributed by atoms with Crippen molar-refractivity contribution < 1.29 is 94.5 Å². The summed E-state index contributed by atoms with van der Waals surface area (Å²) in [5.41, 5.74) is 3.93. The first kappa shape index (κ1) is 57.0. The van der Waals surface area contributed by atoms with Gasteiger partial charge in [0.05, 0.1) is 45.0 Å². The second kappa shape index (κ2) is 22.4. The van der Waals surface area contributed by atoms with Gasteiger partial charge in [-0.05, 0) is 97.8 Å². The number of aliphatic carboxylic acids is 4. The van der Waals surface area contributed by atoms with E-state index in [-0.39, 0.29) is 47.7 Å². The number of pyridine rings is 2. The number of carboxylic acid groups (broad SMARTS) is 4. The zero-order valence-corrected chi connectivity index (χ0v) is 43.8. The first-order chi connectivity index (χ1) is 40.9. The van der Waals surface area contributed by atoms with Crippen LogP contribution in [0.1, 0.15) is 81.5 Å². The molecule has 2 fully saturated rings. The van der Waals surface area contributed by atoms with Crippen LogP contribution in [0.15, 0.2) is 122 Å². The molecule has 0 saturated heterocycles. The number of benzene rings is 4. The number of aromatic nitrogens is 6. The van der Waals surface area contributed by atoms with Gasteiger partial charge in [-0.2, -0.15) is 26.3 Å². The number of nitrogens with one attached hydrogen (secondary N) is 4. The summed E-state index contributed by atoms with van der Waals surface area (Å²) in [6.45, 7) is 0. The van der Waals surface area contributed by atoms with Gasteiger partial charge in [0.15, 0.2) is 0 Å². The van der Waals surface area contributed by atoms with Gasteiger partial charge in [0.25, 0.3) is 0 Å². The van der Waals surface area contributed by atoms with E-state index in [1.54, 1.807) is 24.5 Å². The van der Waals surface area contributed by atoms with E-state index in [2.05, 4.69) is 40.5 Å². The lowest BCUT2D eigenvalue weighted by atomic mass is 10.1. The maximum atomic E-state index is 13.1. The number of imidazole rings is 2. The van der Waals surface area contributed by atoms with Crippen LogP contribution in [0.25, 0.3) is 22.1 Å². The Morgan fingerprint density at radius 1 is 0.512 bits per heavy atom. The Hall–Kier alpha value is -10.8. The van der Waals surface area contributed by atoms with Gasteiger partial charge in [-0.25, -0.2) is 39.1 Å². The molecule has 8 aromatic rings. The molecule has 6 aliphatic rings. The minimum absolute atomic E-state index is 0.0434. The summed E-state index contributed by atoms with van der Waals surface area (Å²) >= 11 is 0. The van der Waals surface area contributed by atoms with Crippen molar-refractivity contribution in [1.29, 1.82) is 0 Å². The standard InChI is InChI=1S/2C25H17F3N4O3.2C4H4O4/c2*26-25(27,28)11-1-4-15-16(9-11)31-24(30-15)21-20-14-10-12(2-5-17(14)35-22(20)21)34-18-7-8-29-23-13(18)3-6-19(33)32-23;2*5-3(6)1-2-4(7)8/h2*1-2,4-5,7-10,20-22H,3,6H2,(H,30,31)(H,29,32,33);2*1-2H,(H,5,6)(H,7,8)/b;;2*2-1-/t2*20-,21-,22-;;/m00../s1. The van der Waals surface area contributed by atoms with Gasteiger partial charge in [-0.3, -0.25) is 9.59 Å². The van der Waals surface area contributed by atoms with E-state index in [0.717, 1.165) is 58.0 Å². The highest BCUT2D eigenvalue weighted by Gasteiger charge is 2.62. The quantitative estimate of drug-likeness (QED) is 0.0466. The first-order valence-electron chi connectivity index (χ1n) is 25.9. The predicted octanol–water partition coefficient (Wildman–Crippen LogP) is 10.0. The largest absolute Gasteiger partial charge is 0.489 e. The normalized spacial score (nSPS) is 19.8. The maximum Gasteiger partial charge on any atom is 0.416 e. The highest BCUT2D eigenvalue weighted by molar-refractivity contribution is 5.94. The average Bonchev–Trinajstić information content (AvgIpc) is 1.88. The third-order valence-electron chi connectivity index (χ3n) is 14.3. The van der Waals surface area contributed by atoms with Crippen LogP contribution in [0.3, 0.4) is 0 Å². The monoisotopic (exact) mass is 1190 g/mol. The first-order valence-corrected chi connectivity index (χ1v) is 25.9. The van der Waals surface area contributed by atoms with Gasteiger partial charge in [0.2, 0.25) is 11.8 Å². The van der Waals surface area contributed by atoms with E-state index in [1.165, 1.54) is 12.1 Å². The van der Waals surface area contributed by atoms with Crippen molar-refractivity contribution in [2.75, 3.05) is 10.6 Å². The molecule has 0 spiro atoms. The molecule has 0 unspecified atom stereocenters. The van der Waals surface area contributed by atoms with Crippen LogP contribution < -0.4 is 29.6 Å². The summed E-state index contributed by atoms with van der Waals surface area (Å²) in [7, 11) is 0. The van der Waals surface area contributed by atoms with Crippen LogP contribution in [0.4, 0.5) is 38.0 Å². The number of H-pyrrole nitrogens is 2. The number of carbonyl (C=O) groups excluding carboxylic acids is 2. The molecular weight excluding hydrogens is 1150 g/mol. The Morgan fingerprint density at radius 2 is 0.895 bits per heavy atom. The second-order valence-electron chi connectivity index (χ2n) is 20.0. The van der Waals surface area contributed by atoms with E-state index >= 15 is 0 Å². The highest BCUT2D eigenvalue weighted by atomic mass is 19.4. The van der Waals surface area contributed by atoms with Crippen molar-refractivity contribution in [3.63, 3.8) is 0 Å². The summed E-state index contributed by atoms with van der Waals surface area (Å²) in [5.74, 6) is 1.12. The number of rotatable bonds is 10. The smallest absolute Gasteiger partial charge is 0.416 e. The predicted molar refractivity (Wildman–Crippen MR) is 286 cm³/mol. The van der Waals surface area contributed by atoms with E-state index in [1.807, 2.05) is 36.4 Å². The number of anilines is 2. The third-order valence-corrected chi connectivity index (χ3v) is 14.3. The summed E-state index contributed by atoms with van der Waals surface area (Å²) in [5, 5.41) is 36.8. The lowest BCUT2D eigenvalue weighted by Crippen LogP contribution is -2.20. The molecule has 2 aliphatic carbocycles. The molecular formula is C58H42F6N8O14. The number of amides is 2. The number of fused-ring (bicyclic) bond motifs is 10. The topological polar surface area (TPSA) is 327 Å². The fourth-order valence-electron chi connectivity index (χ4n) is 10.4. The third kappa shape index (κ3) is 12.2. The molecule has 440 valence electrons. The second-order valence-corrected chi connectivity index (χ2v) is 20.0. The SMILES string of the molecule is O=C(O)/C=C\C(=O)O.O=C(O)/C=C\C(=O)O.O=C1CCc2c(Oc3ccc4c(c3)[C@@H]3[C@H](O4)[C@H]3c3nc4ccc(C(F)(F)F)cc4[nH]3)ccnc2N1.O=C1CCc2c(Oc3ccc4c(c3)[C@@H]3[C@H](O4)[C@H]3c3nc4ccc(C(F)(F)F)cc4[nH]3)ccnc2N1. The van der Waals surface area contributed by atoms with Crippen LogP contribution in [-0.4, -0.2) is 98.2 Å². The van der Waals surface area contributed by atoms with Gasteiger partial charge in [-0.15, -0.1) is 0 Å². The molecule has 4 aliphatic heterocycles.